The van der Waals surface area contributed by atoms with Crippen LogP contribution >= 0.6 is 0 Å². The Morgan fingerprint density at radius 1 is 1.46 bits per heavy atom. The molecule has 0 fully saturated rings. The largest absolute Gasteiger partial charge is 0.369 e. The first-order chi connectivity index (χ1) is 6.08. The van der Waals surface area contributed by atoms with Crippen LogP contribution in [0.3, 0.4) is 0 Å². The number of nitrogens with one attached hydrogen (secondary N) is 1. The second kappa shape index (κ2) is 4.23. The summed E-state index contributed by atoms with van der Waals surface area (Å²) in [5.74, 6) is 0.912. The molecule has 1 atom stereocenters. The Morgan fingerprint density at radius 3 is 2.69 bits per heavy atom. The summed E-state index contributed by atoms with van der Waals surface area (Å²) >= 11 is 0. The van der Waals surface area contributed by atoms with Gasteiger partial charge in [0.1, 0.15) is 5.82 Å². The van der Waals surface area contributed by atoms with Gasteiger partial charge in [-0.3, -0.25) is 0 Å². The molecule has 0 aromatic carbocycles. The van der Waals surface area contributed by atoms with Crippen molar-refractivity contribution >= 4 is 5.82 Å². The van der Waals surface area contributed by atoms with Crippen LogP contribution in [-0.4, -0.2) is 17.6 Å². The van der Waals surface area contributed by atoms with Crippen molar-refractivity contribution in [2.24, 2.45) is 5.73 Å². The zero-order chi connectivity index (χ0) is 9.84. The van der Waals surface area contributed by atoms with Crippen molar-refractivity contribution in [3.63, 3.8) is 0 Å². The lowest BCUT2D eigenvalue weighted by atomic mass is 10.2. The first-order valence-electron chi connectivity index (χ1n) is 4.52. The Labute approximate surface area is 79.4 Å². The zero-order valence-electron chi connectivity index (χ0n) is 8.46. The summed E-state index contributed by atoms with van der Waals surface area (Å²) in [5.41, 5.74) is 7.88. The number of anilines is 1. The third-order valence-electron chi connectivity index (χ3n) is 1.70. The van der Waals surface area contributed by atoms with Gasteiger partial charge in [0.2, 0.25) is 0 Å². The van der Waals surface area contributed by atoms with Gasteiger partial charge >= 0.3 is 0 Å². The molecule has 0 aliphatic rings. The second-order valence-electron chi connectivity index (χ2n) is 3.53. The molecule has 0 aliphatic heterocycles. The summed E-state index contributed by atoms with van der Waals surface area (Å²) in [7, 11) is 0. The molecule has 1 rings (SSSR count). The van der Waals surface area contributed by atoms with Gasteiger partial charge in [-0.1, -0.05) is 0 Å². The number of hydrogen-bond donors (Lipinski definition) is 2. The van der Waals surface area contributed by atoms with Crippen LogP contribution in [0, 0.1) is 13.8 Å². The van der Waals surface area contributed by atoms with Gasteiger partial charge < -0.3 is 11.1 Å². The summed E-state index contributed by atoms with van der Waals surface area (Å²) in [4.78, 5) is 4.34. The molecule has 1 aromatic heterocycles. The fourth-order valence-electron chi connectivity index (χ4n) is 1.20. The topological polar surface area (TPSA) is 50.9 Å². The third-order valence-corrected chi connectivity index (χ3v) is 1.70. The second-order valence-corrected chi connectivity index (χ2v) is 3.53. The predicted molar refractivity (Wildman–Crippen MR) is 55.9 cm³/mol. The number of nitrogens with two attached hydrogens (primary N) is 1. The Kier molecular flexibility index (Phi) is 3.25. The third kappa shape index (κ3) is 3.42. The van der Waals surface area contributed by atoms with Gasteiger partial charge in [0, 0.05) is 18.3 Å². The number of aromatic nitrogens is 1. The fraction of sp³-hybridized carbons (Fsp3) is 0.500. The van der Waals surface area contributed by atoms with Gasteiger partial charge in [-0.05, 0) is 38.5 Å². The normalized spacial score (nSPS) is 12.6. The number of pyridine rings is 1. The van der Waals surface area contributed by atoms with Gasteiger partial charge in [0.25, 0.3) is 0 Å². The van der Waals surface area contributed by atoms with Crippen molar-refractivity contribution < 1.29 is 0 Å². The average Bonchev–Trinajstić information content (AvgIpc) is 1.99. The van der Waals surface area contributed by atoms with Crippen molar-refractivity contribution in [1.82, 2.24) is 4.98 Å². The predicted octanol–water partition coefficient (Wildman–Crippen LogP) is 1.46. The molecule has 0 saturated carbocycles. The minimum absolute atomic E-state index is 0.155. The van der Waals surface area contributed by atoms with Crippen LogP contribution in [0.4, 0.5) is 5.82 Å². The molecule has 0 amide bonds. The zero-order valence-corrected chi connectivity index (χ0v) is 8.46. The van der Waals surface area contributed by atoms with E-state index in [0.717, 1.165) is 18.1 Å². The first-order valence-corrected chi connectivity index (χ1v) is 4.52. The average molecular weight is 179 g/mol. The van der Waals surface area contributed by atoms with Crippen LogP contribution in [0.1, 0.15) is 18.2 Å². The lowest BCUT2D eigenvalue weighted by Gasteiger charge is -2.09. The van der Waals surface area contributed by atoms with E-state index in [9.17, 15) is 0 Å². The molecule has 72 valence electrons. The van der Waals surface area contributed by atoms with E-state index in [4.69, 9.17) is 5.73 Å². The maximum Gasteiger partial charge on any atom is 0.126 e. The fourth-order valence-corrected chi connectivity index (χ4v) is 1.20. The van der Waals surface area contributed by atoms with E-state index in [1.54, 1.807) is 0 Å². The summed E-state index contributed by atoms with van der Waals surface area (Å²) in [6.45, 7) is 6.78. The van der Waals surface area contributed by atoms with Gasteiger partial charge in [0.05, 0.1) is 0 Å². The summed E-state index contributed by atoms with van der Waals surface area (Å²) in [5, 5.41) is 3.19. The molecule has 0 spiro atoms. The molecule has 3 nitrogen and oxygen atoms in total. The Balaban J connectivity index is 2.66. The van der Waals surface area contributed by atoms with Crippen LogP contribution in [0.5, 0.6) is 0 Å². The lowest BCUT2D eigenvalue weighted by molar-refractivity contribution is 0.777. The van der Waals surface area contributed by atoms with Crippen LogP contribution in [0.2, 0.25) is 0 Å². The molecule has 1 heterocycles. The van der Waals surface area contributed by atoms with Crippen molar-refractivity contribution in [3.8, 4) is 0 Å². The molecule has 3 heteroatoms. The smallest absolute Gasteiger partial charge is 0.126 e. The van der Waals surface area contributed by atoms with E-state index in [1.807, 2.05) is 19.9 Å². The van der Waals surface area contributed by atoms with Crippen molar-refractivity contribution in [2.75, 3.05) is 11.9 Å². The van der Waals surface area contributed by atoms with E-state index in [2.05, 4.69) is 23.3 Å². The highest BCUT2D eigenvalue weighted by atomic mass is 15.0. The molecule has 1 aromatic rings. The highest BCUT2D eigenvalue weighted by molar-refractivity contribution is 5.39. The maximum absolute atomic E-state index is 5.63. The maximum atomic E-state index is 5.63. The molecular formula is C10H17N3. The summed E-state index contributed by atoms with van der Waals surface area (Å²) in [6, 6.07) is 4.23. The molecule has 0 bridgehead atoms. The summed E-state index contributed by atoms with van der Waals surface area (Å²) < 4.78 is 0. The standard InChI is InChI=1S/C10H17N3/c1-7-4-9(3)13-10(5-7)12-6-8(2)11/h4-5,8H,6,11H2,1-3H3,(H,12,13). The molecule has 1 unspecified atom stereocenters. The van der Waals surface area contributed by atoms with E-state index in [-0.39, 0.29) is 6.04 Å². The van der Waals surface area contributed by atoms with Crippen LogP contribution in [0.25, 0.3) is 0 Å². The molecular weight excluding hydrogens is 162 g/mol. The highest BCUT2D eigenvalue weighted by Gasteiger charge is 1.97. The Morgan fingerprint density at radius 2 is 2.15 bits per heavy atom. The van der Waals surface area contributed by atoms with Crippen molar-refractivity contribution in [3.05, 3.63) is 23.4 Å². The first kappa shape index (κ1) is 9.99. The Hall–Kier alpha value is -1.09. The highest BCUT2D eigenvalue weighted by Crippen LogP contribution is 2.08. The van der Waals surface area contributed by atoms with Crippen LogP contribution in [0.15, 0.2) is 12.1 Å². The molecule has 13 heavy (non-hydrogen) atoms. The molecule has 0 aliphatic carbocycles. The van der Waals surface area contributed by atoms with Crippen LogP contribution in [-0.2, 0) is 0 Å². The quantitative estimate of drug-likeness (QED) is 0.738. The van der Waals surface area contributed by atoms with E-state index in [1.165, 1.54) is 5.56 Å². The molecule has 0 saturated heterocycles. The van der Waals surface area contributed by atoms with E-state index < -0.39 is 0 Å². The number of hydrogen-bond acceptors (Lipinski definition) is 3. The van der Waals surface area contributed by atoms with Crippen molar-refractivity contribution in [2.45, 2.75) is 26.8 Å². The molecule has 0 radical (unpaired) electrons. The minimum atomic E-state index is 0.155. The monoisotopic (exact) mass is 179 g/mol. The van der Waals surface area contributed by atoms with Crippen molar-refractivity contribution in [1.29, 1.82) is 0 Å². The van der Waals surface area contributed by atoms with Gasteiger partial charge in [-0.25, -0.2) is 4.98 Å². The number of nitrogens with zero attached hydrogens (tertiary/aromatic N) is 1. The van der Waals surface area contributed by atoms with E-state index >= 15 is 0 Å². The van der Waals surface area contributed by atoms with Gasteiger partial charge in [-0.2, -0.15) is 0 Å². The van der Waals surface area contributed by atoms with Gasteiger partial charge in [-0.15, -0.1) is 0 Å². The Bertz CT molecular complexity index is 261. The lowest BCUT2D eigenvalue weighted by Crippen LogP contribution is -2.25. The van der Waals surface area contributed by atoms with Crippen LogP contribution < -0.4 is 11.1 Å². The number of aryl methyl sites for hydroxylation is 2. The molecule has 3 N–H and O–H groups in total. The minimum Gasteiger partial charge on any atom is -0.369 e. The SMILES string of the molecule is Cc1cc(C)nc(NCC(C)N)c1. The summed E-state index contributed by atoms with van der Waals surface area (Å²) in [6.07, 6.45) is 0. The van der Waals surface area contributed by atoms with Gasteiger partial charge in [0.15, 0.2) is 0 Å². The number of rotatable bonds is 3. The van der Waals surface area contributed by atoms with E-state index in [0.29, 0.717) is 0 Å².